The van der Waals surface area contributed by atoms with E-state index in [1.165, 1.54) is 18.4 Å². The molecule has 2 atom stereocenters. The lowest BCUT2D eigenvalue weighted by Gasteiger charge is -2.32. The van der Waals surface area contributed by atoms with Crippen molar-refractivity contribution in [2.24, 2.45) is 5.92 Å². The van der Waals surface area contributed by atoms with Crippen molar-refractivity contribution in [2.45, 2.75) is 38.4 Å². The van der Waals surface area contributed by atoms with Crippen molar-refractivity contribution in [3.63, 3.8) is 0 Å². The summed E-state index contributed by atoms with van der Waals surface area (Å²) in [6, 6.07) is 10.6. The van der Waals surface area contributed by atoms with Crippen LogP contribution in [0, 0.1) is 5.92 Å². The van der Waals surface area contributed by atoms with Gasteiger partial charge in [0.15, 0.2) is 0 Å². The molecule has 1 aromatic carbocycles. The predicted molar refractivity (Wildman–Crippen MR) is 76.0 cm³/mol. The lowest BCUT2D eigenvalue weighted by atomic mass is 9.97. The van der Waals surface area contributed by atoms with Crippen LogP contribution in [-0.4, -0.2) is 10.5 Å². The van der Waals surface area contributed by atoms with Gasteiger partial charge in [0.1, 0.15) is 0 Å². The molecule has 0 aromatic heterocycles. The lowest BCUT2D eigenvalue weighted by molar-refractivity contribution is -0.0717. The number of hydrogen-bond donors (Lipinski definition) is 0. The predicted octanol–water partition coefficient (Wildman–Crippen LogP) is 4.15. The fourth-order valence-electron chi connectivity index (χ4n) is 2.04. The van der Waals surface area contributed by atoms with Crippen molar-refractivity contribution in [2.75, 3.05) is 4.43 Å². The minimum Gasteiger partial charge on any atom is -0.367 e. The van der Waals surface area contributed by atoms with Crippen molar-refractivity contribution >= 4 is 22.6 Å². The Morgan fingerprint density at radius 3 is 2.50 bits per heavy atom. The first-order valence-electron chi connectivity index (χ1n) is 5.95. The Morgan fingerprint density at radius 2 is 2.00 bits per heavy atom. The first kappa shape index (κ1) is 12.4. The molecule has 0 amide bonds. The van der Waals surface area contributed by atoms with Crippen molar-refractivity contribution < 1.29 is 4.74 Å². The second kappa shape index (κ2) is 5.05. The highest BCUT2D eigenvalue weighted by Gasteiger charge is 2.35. The average Bonchev–Trinajstić information content (AvgIpc) is 3.14. The maximum Gasteiger partial charge on any atom is 0.0996 e. The van der Waals surface area contributed by atoms with Crippen molar-refractivity contribution in [1.29, 1.82) is 0 Å². The van der Waals surface area contributed by atoms with Crippen molar-refractivity contribution in [3.05, 3.63) is 35.9 Å². The van der Waals surface area contributed by atoms with Crippen LogP contribution in [0.3, 0.4) is 0 Å². The third-order valence-electron chi connectivity index (χ3n) is 3.37. The van der Waals surface area contributed by atoms with Gasteiger partial charge in [-0.15, -0.1) is 0 Å². The van der Waals surface area contributed by atoms with Gasteiger partial charge in [-0.2, -0.15) is 0 Å². The Balaban J connectivity index is 2.11. The van der Waals surface area contributed by atoms with E-state index in [4.69, 9.17) is 4.74 Å². The zero-order valence-electron chi connectivity index (χ0n) is 9.95. The molecule has 0 N–H and O–H groups in total. The van der Waals surface area contributed by atoms with Crippen molar-refractivity contribution in [3.8, 4) is 0 Å². The number of halogens is 1. The first-order valence-corrected chi connectivity index (χ1v) is 7.47. The molecule has 2 unspecified atom stereocenters. The molecule has 0 bridgehead atoms. The fourth-order valence-corrected chi connectivity index (χ4v) is 2.66. The SMILES string of the molecule is CC(OC(C)(CI)c1ccccc1)C1CC1. The molecule has 1 aromatic rings. The van der Waals surface area contributed by atoms with Crippen LogP contribution in [0.1, 0.15) is 32.3 Å². The summed E-state index contributed by atoms with van der Waals surface area (Å²) >= 11 is 2.42. The number of benzene rings is 1. The second-order valence-electron chi connectivity index (χ2n) is 4.89. The molecule has 1 saturated carbocycles. The van der Waals surface area contributed by atoms with E-state index in [9.17, 15) is 0 Å². The van der Waals surface area contributed by atoms with Gasteiger partial charge in [-0.1, -0.05) is 52.9 Å². The molecule has 88 valence electrons. The van der Waals surface area contributed by atoms with Crippen LogP contribution in [-0.2, 0) is 10.3 Å². The third kappa shape index (κ3) is 2.77. The molecule has 0 spiro atoms. The van der Waals surface area contributed by atoms with Crippen LogP contribution in [0.5, 0.6) is 0 Å². The minimum atomic E-state index is -0.135. The lowest BCUT2D eigenvalue weighted by Crippen LogP contribution is -2.32. The second-order valence-corrected chi connectivity index (χ2v) is 5.65. The topological polar surface area (TPSA) is 9.23 Å². The zero-order valence-corrected chi connectivity index (χ0v) is 12.1. The zero-order chi connectivity index (χ0) is 11.6. The molecule has 0 aliphatic heterocycles. The molecule has 1 fully saturated rings. The van der Waals surface area contributed by atoms with Gasteiger partial charge in [0.05, 0.1) is 11.7 Å². The molecule has 1 aliphatic carbocycles. The standard InChI is InChI=1S/C14H19IO/c1-11(12-8-9-12)16-14(2,10-15)13-6-4-3-5-7-13/h3-7,11-12H,8-10H2,1-2H3. The van der Waals surface area contributed by atoms with E-state index in [0.29, 0.717) is 6.10 Å². The summed E-state index contributed by atoms with van der Waals surface area (Å²) in [7, 11) is 0. The van der Waals surface area contributed by atoms with Gasteiger partial charge in [-0.25, -0.2) is 0 Å². The first-order chi connectivity index (χ1) is 7.65. The quantitative estimate of drug-likeness (QED) is 0.582. The highest BCUT2D eigenvalue weighted by atomic mass is 127. The van der Waals surface area contributed by atoms with E-state index in [0.717, 1.165) is 10.3 Å². The molecule has 0 heterocycles. The van der Waals surface area contributed by atoms with E-state index < -0.39 is 0 Å². The summed E-state index contributed by atoms with van der Waals surface area (Å²) in [6.45, 7) is 4.42. The monoisotopic (exact) mass is 330 g/mol. The Morgan fingerprint density at radius 1 is 1.38 bits per heavy atom. The number of ether oxygens (including phenoxy) is 1. The minimum absolute atomic E-state index is 0.135. The van der Waals surface area contributed by atoms with Crippen LogP contribution in [0.4, 0.5) is 0 Å². The molecule has 0 saturated heterocycles. The molecule has 1 nitrogen and oxygen atoms in total. The Labute approximate surface area is 112 Å². The Hall–Kier alpha value is -0.0900. The van der Waals surface area contributed by atoms with E-state index >= 15 is 0 Å². The summed E-state index contributed by atoms with van der Waals surface area (Å²) in [5.41, 5.74) is 1.15. The van der Waals surface area contributed by atoms with E-state index in [2.05, 4.69) is 66.8 Å². The van der Waals surface area contributed by atoms with E-state index in [-0.39, 0.29) is 5.60 Å². The summed E-state index contributed by atoms with van der Waals surface area (Å²) in [5, 5.41) is 0. The normalized spacial score (nSPS) is 21.4. The summed E-state index contributed by atoms with van der Waals surface area (Å²) in [4.78, 5) is 0. The third-order valence-corrected chi connectivity index (χ3v) is 4.83. The highest BCUT2D eigenvalue weighted by molar-refractivity contribution is 14.1. The summed E-state index contributed by atoms with van der Waals surface area (Å²) in [5.74, 6) is 0.797. The largest absolute Gasteiger partial charge is 0.367 e. The van der Waals surface area contributed by atoms with Crippen LogP contribution < -0.4 is 0 Å². The van der Waals surface area contributed by atoms with Crippen molar-refractivity contribution in [1.82, 2.24) is 0 Å². The molecule has 2 heteroatoms. The van der Waals surface area contributed by atoms with Crippen LogP contribution in [0.15, 0.2) is 30.3 Å². The maximum absolute atomic E-state index is 6.29. The molecule has 16 heavy (non-hydrogen) atoms. The average molecular weight is 330 g/mol. The Bertz CT molecular complexity index is 334. The molecule has 0 radical (unpaired) electrons. The van der Waals surface area contributed by atoms with Gasteiger partial charge in [0.2, 0.25) is 0 Å². The molecule has 1 aliphatic rings. The van der Waals surface area contributed by atoms with Gasteiger partial charge in [0, 0.05) is 4.43 Å². The Kier molecular flexibility index (Phi) is 3.90. The van der Waals surface area contributed by atoms with Crippen LogP contribution in [0.25, 0.3) is 0 Å². The summed E-state index contributed by atoms with van der Waals surface area (Å²) in [6.07, 6.45) is 3.07. The van der Waals surface area contributed by atoms with Crippen LogP contribution >= 0.6 is 22.6 Å². The molecular weight excluding hydrogens is 311 g/mol. The van der Waals surface area contributed by atoms with Gasteiger partial charge in [-0.3, -0.25) is 0 Å². The molecular formula is C14H19IO. The van der Waals surface area contributed by atoms with E-state index in [1.54, 1.807) is 0 Å². The maximum atomic E-state index is 6.29. The number of alkyl halides is 1. The smallest absolute Gasteiger partial charge is 0.0996 e. The number of rotatable bonds is 5. The summed E-state index contributed by atoms with van der Waals surface area (Å²) < 4.78 is 7.28. The van der Waals surface area contributed by atoms with Crippen LogP contribution in [0.2, 0.25) is 0 Å². The van der Waals surface area contributed by atoms with E-state index in [1.807, 2.05) is 0 Å². The van der Waals surface area contributed by atoms with Gasteiger partial charge in [0.25, 0.3) is 0 Å². The van der Waals surface area contributed by atoms with Gasteiger partial charge < -0.3 is 4.74 Å². The molecule has 2 rings (SSSR count). The van der Waals surface area contributed by atoms with Gasteiger partial charge in [-0.05, 0) is 38.2 Å². The number of hydrogen-bond acceptors (Lipinski definition) is 1. The fraction of sp³-hybridized carbons (Fsp3) is 0.571. The highest BCUT2D eigenvalue weighted by Crippen LogP contribution is 2.38. The van der Waals surface area contributed by atoms with Gasteiger partial charge >= 0.3 is 0 Å².